The summed E-state index contributed by atoms with van der Waals surface area (Å²) in [7, 11) is 0. The number of hydrogen-bond donors (Lipinski definition) is 1. The van der Waals surface area contributed by atoms with E-state index >= 15 is 0 Å². The zero-order valence-corrected chi connectivity index (χ0v) is 12.0. The molecule has 0 aromatic rings. The monoisotopic (exact) mass is 254 g/mol. The van der Waals surface area contributed by atoms with Gasteiger partial charge in [-0.1, -0.05) is 19.8 Å². The summed E-state index contributed by atoms with van der Waals surface area (Å²) in [5.74, 6) is 0. The maximum absolute atomic E-state index is 6.20. The summed E-state index contributed by atoms with van der Waals surface area (Å²) in [5.41, 5.74) is 6.43. The second-order valence-corrected chi connectivity index (χ2v) is 6.03. The van der Waals surface area contributed by atoms with E-state index < -0.39 is 0 Å². The molecular weight excluding hydrogens is 224 g/mol. The van der Waals surface area contributed by atoms with Gasteiger partial charge in [0.25, 0.3) is 0 Å². The fourth-order valence-electron chi connectivity index (χ4n) is 3.86. The first kappa shape index (κ1) is 14.3. The molecular formula is C15H30N2O. The Balaban J connectivity index is 2.11. The number of rotatable bonds is 4. The lowest BCUT2D eigenvalue weighted by Crippen LogP contribution is -2.59. The Kier molecular flexibility index (Phi) is 5.46. The number of piperidine rings is 1. The van der Waals surface area contributed by atoms with Gasteiger partial charge in [-0.05, 0) is 45.1 Å². The van der Waals surface area contributed by atoms with Crippen molar-refractivity contribution in [1.82, 2.24) is 4.90 Å². The first-order valence-corrected chi connectivity index (χ1v) is 7.87. The summed E-state index contributed by atoms with van der Waals surface area (Å²) < 4.78 is 5.66. The molecule has 3 heteroatoms. The SMILES string of the molecule is CCCC1CCCCN1C1(CN)CCCOCC1. The minimum absolute atomic E-state index is 0.233. The van der Waals surface area contributed by atoms with Crippen molar-refractivity contribution < 1.29 is 4.74 Å². The van der Waals surface area contributed by atoms with E-state index in [1.807, 2.05) is 0 Å². The Bertz CT molecular complexity index is 235. The fourth-order valence-corrected chi connectivity index (χ4v) is 3.86. The van der Waals surface area contributed by atoms with E-state index in [0.717, 1.165) is 32.2 Å². The Morgan fingerprint density at radius 1 is 1.22 bits per heavy atom. The summed E-state index contributed by atoms with van der Waals surface area (Å²) in [5, 5.41) is 0. The topological polar surface area (TPSA) is 38.5 Å². The van der Waals surface area contributed by atoms with Crippen molar-refractivity contribution in [3.05, 3.63) is 0 Å². The van der Waals surface area contributed by atoms with Crippen molar-refractivity contribution in [3.8, 4) is 0 Å². The third-order valence-corrected chi connectivity index (χ3v) is 4.88. The molecule has 2 atom stereocenters. The van der Waals surface area contributed by atoms with Crippen LogP contribution in [0.1, 0.15) is 58.3 Å². The van der Waals surface area contributed by atoms with E-state index in [9.17, 15) is 0 Å². The predicted molar refractivity (Wildman–Crippen MR) is 75.7 cm³/mol. The lowest BCUT2D eigenvalue weighted by molar-refractivity contribution is 0.00389. The lowest BCUT2D eigenvalue weighted by atomic mass is 9.83. The highest BCUT2D eigenvalue weighted by Gasteiger charge is 2.40. The quantitative estimate of drug-likeness (QED) is 0.838. The van der Waals surface area contributed by atoms with Crippen molar-refractivity contribution in [2.45, 2.75) is 69.9 Å². The molecule has 0 saturated carbocycles. The second kappa shape index (κ2) is 6.88. The van der Waals surface area contributed by atoms with Gasteiger partial charge in [0, 0.05) is 31.3 Å². The third kappa shape index (κ3) is 3.06. The van der Waals surface area contributed by atoms with Crippen molar-refractivity contribution in [2.75, 3.05) is 26.3 Å². The average molecular weight is 254 g/mol. The van der Waals surface area contributed by atoms with Crippen molar-refractivity contribution in [3.63, 3.8) is 0 Å². The van der Waals surface area contributed by atoms with Crippen LogP contribution in [-0.4, -0.2) is 42.8 Å². The average Bonchev–Trinajstić information content (AvgIpc) is 2.66. The van der Waals surface area contributed by atoms with Gasteiger partial charge in [-0.25, -0.2) is 0 Å². The minimum atomic E-state index is 0.233. The van der Waals surface area contributed by atoms with Gasteiger partial charge in [-0.2, -0.15) is 0 Å². The van der Waals surface area contributed by atoms with Crippen LogP contribution in [0, 0.1) is 0 Å². The Labute approximate surface area is 112 Å². The smallest absolute Gasteiger partial charge is 0.0484 e. The van der Waals surface area contributed by atoms with Crippen molar-refractivity contribution in [2.24, 2.45) is 5.73 Å². The van der Waals surface area contributed by atoms with E-state index in [-0.39, 0.29) is 5.54 Å². The highest BCUT2D eigenvalue weighted by atomic mass is 16.5. The molecule has 2 unspecified atom stereocenters. The minimum Gasteiger partial charge on any atom is -0.381 e. The van der Waals surface area contributed by atoms with Crippen LogP contribution in [0.2, 0.25) is 0 Å². The van der Waals surface area contributed by atoms with Crippen LogP contribution in [-0.2, 0) is 4.74 Å². The van der Waals surface area contributed by atoms with Crippen LogP contribution in [0.4, 0.5) is 0 Å². The van der Waals surface area contributed by atoms with Crippen LogP contribution in [0.5, 0.6) is 0 Å². The molecule has 0 spiro atoms. The molecule has 0 aromatic heterocycles. The molecule has 0 aromatic carbocycles. The van der Waals surface area contributed by atoms with E-state index in [1.54, 1.807) is 0 Å². The number of nitrogens with two attached hydrogens (primary N) is 1. The number of likely N-dealkylation sites (tertiary alicyclic amines) is 1. The summed E-state index contributed by atoms with van der Waals surface area (Å²) in [6.07, 6.45) is 10.3. The highest BCUT2D eigenvalue weighted by Crippen LogP contribution is 2.34. The van der Waals surface area contributed by atoms with E-state index in [2.05, 4.69) is 11.8 Å². The molecule has 2 N–H and O–H groups in total. The Morgan fingerprint density at radius 3 is 2.89 bits per heavy atom. The summed E-state index contributed by atoms with van der Waals surface area (Å²) in [4.78, 5) is 2.77. The van der Waals surface area contributed by atoms with Gasteiger partial charge in [0.1, 0.15) is 0 Å². The maximum Gasteiger partial charge on any atom is 0.0484 e. The predicted octanol–water partition coefficient (Wildman–Crippen LogP) is 2.54. The molecule has 0 amide bonds. The van der Waals surface area contributed by atoms with E-state index in [4.69, 9.17) is 10.5 Å². The molecule has 18 heavy (non-hydrogen) atoms. The van der Waals surface area contributed by atoms with Gasteiger partial charge in [0.05, 0.1) is 0 Å². The Morgan fingerprint density at radius 2 is 2.11 bits per heavy atom. The van der Waals surface area contributed by atoms with Gasteiger partial charge in [0.15, 0.2) is 0 Å². The largest absolute Gasteiger partial charge is 0.381 e. The molecule has 3 nitrogen and oxygen atoms in total. The van der Waals surface area contributed by atoms with Crippen LogP contribution in [0.25, 0.3) is 0 Å². The van der Waals surface area contributed by atoms with Crippen LogP contribution < -0.4 is 5.73 Å². The molecule has 106 valence electrons. The molecule has 2 heterocycles. The molecule has 2 saturated heterocycles. The summed E-state index contributed by atoms with van der Waals surface area (Å²) in [6, 6.07) is 0.769. The highest BCUT2D eigenvalue weighted by molar-refractivity contribution is 4.97. The normalized spacial score (nSPS) is 35.3. The Hall–Kier alpha value is -0.120. The van der Waals surface area contributed by atoms with Gasteiger partial charge < -0.3 is 10.5 Å². The molecule has 2 rings (SSSR count). The van der Waals surface area contributed by atoms with Gasteiger partial charge in [-0.3, -0.25) is 4.90 Å². The molecule has 2 aliphatic rings. The van der Waals surface area contributed by atoms with Gasteiger partial charge in [0.2, 0.25) is 0 Å². The first-order chi connectivity index (χ1) is 8.82. The number of hydrogen-bond acceptors (Lipinski definition) is 3. The third-order valence-electron chi connectivity index (χ3n) is 4.88. The van der Waals surface area contributed by atoms with Gasteiger partial charge in [-0.15, -0.1) is 0 Å². The number of nitrogens with zero attached hydrogens (tertiary/aromatic N) is 1. The molecule has 2 aliphatic heterocycles. The summed E-state index contributed by atoms with van der Waals surface area (Å²) in [6.45, 7) is 6.18. The zero-order chi connectivity index (χ0) is 12.8. The van der Waals surface area contributed by atoms with E-state index in [0.29, 0.717) is 0 Å². The standard InChI is InChI=1S/C15H30N2O/c1-2-6-14-7-3-4-10-17(14)15(13-16)8-5-11-18-12-9-15/h14H,2-13,16H2,1H3. The molecule has 0 aliphatic carbocycles. The number of ether oxygens (including phenoxy) is 1. The van der Waals surface area contributed by atoms with Crippen molar-refractivity contribution in [1.29, 1.82) is 0 Å². The summed E-state index contributed by atoms with van der Waals surface area (Å²) >= 11 is 0. The first-order valence-electron chi connectivity index (χ1n) is 7.87. The van der Waals surface area contributed by atoms with Crippen molar-refractivity contribution >= 4 is 0 Å². The van der Waals surface area contributed by atoms with Crippen LogP contribution in [0.15, 0.2) is 0 Å². The molecule has 0 radical (unpaired) electrons. The van der Waals surface area contributed by atoms with Crippen LogP contribution >= 0.6 is 0 Å². The lowest BCUT2D eigenvalue weighted by Gasteiger charge is -2.49. The zero-order valence-electron chi connectivity index (χ0n) is 12.0. The fraction of sp³-hybridized carbons (Fsp3) is 1.00. The molecule has 0 bridgehead atoms. The van der Waals surface area contributed by atoms with E-state index in [1.165, 1.54) is 51.5 Å². The van der Waals surface area contributed by atoms with Gasteiger partial charge >= 0.3 is 0 Å². The second-order valence-electron chi connectivity index (χ2n) is 6.03. The molecule has 2 fully saturated rings. The van der Waals surface area contributed by atoms with Crippen LogP contribution in [0.3, 0.4) is 0 Å². The maximum atomic E-state index is 6.20.